The number of ether oxygens (including phenoxy) is 1. The van der Waals surface area contributed by atoms with E-state index in [-0.39, 0.29) is 30.3 Å². The first kappa shape index (κ1) is 17.2. The van der Waals surface area contributed by atoms with Crippen LogP contribution in [0.5, 0.6) is 0 Å². The summed E-state index contributed by atoms with van der Waals surface area (Å²) >= 11 is 0. The predicted octanol–water partition coefficient (Wildman–Crippen LogP) is -0.587. The van der Waals surface area contributed by atoms with E-state index in [0.29, 0.717) is 19.6 Å². The van der Waals surface area contributed by atoms with Crippen molar-refractivity contribution >= 4 is 24.2 Å². The molecule has 106 valence electrons. The quantitative estimate of drug-likeness (QED) is 0.627. The predicted molar refractivity (Wildman–Crippen MR) is 70.4 cm³/mol. The molecular formula is C11H22ClN3O3. The van der Waals surface area contributed by atoms with Gasteiger partial charge in [-0.15, -0.1) is 12.4 Å². The summed E-state index contributed by atoms with van der Waals surface area (Å²) in [5.74, 6) is -0.682. The second-order valence-corrected chi connectivity index (χ2v) is 4.62. The van der Waals surface area contributed by atoms with E-state index >= 15 is 0 Å². The van der Waals surface area contributed by atoms with Gasteiger partial charge < -0.3 is 21.1 Å². The highest BCUT2D eigenvalue weighted by molar-refractivity contribution is 5.87. The molecule has 0 aromatic carbocycles. The van der Waals surface area contributed by atoms with E-state index in [1.165, 1.54) is 0 Å². The molecule has 2 amide bonds. The first-order valence-corrected chi connectivity index (χ1v) is 5.90. The molecule has 4 N–H and O–H groups in total. The summed E-state index contributed by atoms with van der Waals surface area (Å²) in [4.78, 5) is 22.9. The molecule has 0 aliphatic carbocycles. The molecule has 0 aromatic heterocycles. The monoisotopic (exact) mass is 279 g/mol. The average molecular weight is 280 g/mol. The van der Waals surface area contributed by atoms with Crippen molar-refractivity contribution in [2.75, 3.05) is 19.8 Å². The third kappa shape index (κ3) is 5.66. The lowest BCUT2D eigenvalue weighted by molar-refractivity contribution is -0.129. The Morgan fingerprint density at radius 1 is 1.50 bits per heavy atom. The van der Waals surface area contributed by atoms with Crippen molar-refractivity contribution in [1.82, 2.24) is 10.6 Å². The Balaban J connectivity index is 0.00000289. The molecule has 6 nitrogen and oxygen atoms in total. The highest BCUT2D eigenvalue weighted by Gasteiger charge is 2.23. The third-order valence-electron chi connectivity index (χ3n) is 2.72. The third-order valence-corrected chi connectivity index (χ3v) is 2.72. The number of nitrogens with two attached hydrogens (primary N) is 1. The van der Waals surface area contributed by atoms with Crippen molar-refractivity contribution in [1.29, 1.82) is 0 Å². The lowest BCUT2D eigenvalue weighted by atomic mass is 10.0. The van der Waals surface area contributed by atoms with Gasteiger partial charge >= 0.3 is 0 Å². The van der Waals surface area contributed by atoms with Gasteiger partial charge in [0.15, 0.2) is 0 Å². The molecule has 2 unspecified atom stereocenters. The molecule has 2 atom stereocenters. The minimum absolute atomic E-state index is 0. The van der Waals surface area contributed by atoms with E-state index in [2.05, 4.69) is 10.6 Å². The van der Waals surface area contributed by atoms with Gasteiger partial charge in [0.2, 0.25) is 11.8 Å². The van der Waals surface area contributed by atoms with Crippen LogP contribution in [0.1, 0.15) is 20.3 Å². The summed E-state index contributed by atoms with van der Waals surface area (Å²) < 4.78 is 5.25. The van der Waals surface area contributed by atoms with Gasteiger partial charge in [-0.1, -0.05) is 13.8 Å². The lowest BCUT2D eigenvalue weighted by Crippen LogP contribution is -2.50. The first-order chi connectivity index (χ1) is 8.00. The molecule has 0 radical (unpaired) electrons. The summed E-state index contributed by atoms with van der Waals surface area (Å²) in [6, 6.07) is -0.587. The van der Waals surface area contributed by atoms with E-state index in [1.54, 1.807) is 0 Å². The number of hydrogen-bond donors (Lipinski definition) is 3. The molecule has 1 aliphatic heterocycles. The van der Waals surface area contributed by atoms with Gasteiger partial charge in [-0.25, -0.2) is 0 Å². The number of amides is 2. The Morgan fingerprint density at radius 2 is 2.17 bits per heavy atom. The molecule has 0 aromatic rings. The van der Waals surface area contributed by atoms with Crippen molar-refractivity contribution in [3.05, 3.63) is 0 Å². The normalized spacial score (nSPS) is 20.9. The molecule has 1 aliphatic rings. The lowest BCUT2D eigenvalue weighted by Gasteiger charge is -2.25. The van der Waals surface area contributed by atoms with Crippen LogP contribution in [0.3, 0.4) is 0 Å². The van der Waals surface area contributed by atoms with Crippen LogP contribution >= 0.6 is 12.4 Å². The Morgan fingerprint density at radius 3 is 2.61 bits per heavy atom. The number of primary amides is 1. The Labute approximate surface area is 113 Å². The van der Waals surface area contributed by atoms with Crippen LogP contribution in [-0.2, 0) is 14.3 Å². The van der Waals surface area contributed by atoms with Crippen molar-refractivity contribution in [2.24, 2.45) is 11.7 Å². The zero-order chi connectivity index (χ0) is 12.8. The summed E-state index contributed by atoms with van der Waals surface area (Å²) in [7, 11) is 0. The van der Waals surface area contributed by atoms with Crippen molar-refractivity contribution < 1.29 is 14.3 Å². The molecule has 0 spiro atoms. The second kappa shape index (κ2) is 8.29. The molecule has 1 fully saturated rings. The maximum atomic E-state index is 11.7. The Kier molecular flexibility index (Phi) is 7.90. The standard InChI is InChI=1S/C11H21N3O3.ClH/c1-7(2)10(11(12)16)14-9(15)5-8-6-17-4-3-13-8;/h7-8,10,13H,3-6H2,1-2H3,(H2,12,16)(H,14,15);1H. The van der Waals surface area contributed by atoms with E-state index in [9.17, 15) is 9.59 Å². The summed E-state index contributed by atoms with van der Waals surface area (Å²) in [6.45, 7) is 5.64. The van der Waals surface area contributed by atoms with Gasteiger partial charge in [-0.2, -0.15) is 0 Å². The minimum atomic E-state index is -0.605. The van der Waals surface area contributed by atoms with Crippen molar-refractivity contribution in [3.8, 4) is 0 Å². The van der Waals surface area contributed by atoms with Crippen LogP contribution in [0, 0.1) is 5.92 Å². The van der Waals surface area contributed by atoms with Crippen molar-refractivity contribution in [3.63, 3.8) is 0 Å². The van der Waals surface area contributed by atoms with Crippen LogP contribution in [0.4, 0.5) is 0 Å². The SMILES string of the molecule is CC(C)C(NC(=O)CC1COCCN1)C(N)=O.Cl. The number of morpholine rings is 1. The Bertz CT molecular complexity index is 281. The fraction of sp³-hybridized carbons (Fsp3) is 0.818. The van der Waals surface area contributed by atoms with Gasteiger partial charge in [-0.3, -0.25) is 9.59 Å². The zero-order valence-corrected chi connectivity index (χ0v) is 11.6. The fourth-order valence-electron chi connectivity index (χ4n) is 1.77. The molecule has 1 saturated heterocycles. The fourth-order valence-corrected chi connectivity index (χ4v) is 1.77. The Hall–Kier alpha value is -0.850. The molecule has 0 saturated carbocycles. The van der Waals surface area contributed by atoms with Gasteiger partial charge in [0.25, 0.3) is 0 Å². The second-order valence-electron chi connectivity index (χ2n) is 4.62. The minimum Gasteiger partial charge on any atom is -0.378 e. The van der Waals surface area contributed by atoms with Crippen LogP contribution in [0.2, 0.25) is 0 Å². The van der Waals surface area contributed by atoms with Crippen LogP contribution in [0.15, 0.2) is 0 Å². The van der Waals surface area contributed by atoms with E-state index in [1.807, 2.05) is 13.8 Å². The molecule has 1 heterocycles. The summed E-state index contributed by atoms with van der Waals surface area (Å²) in [5.41, 5.74) is 5.23. The summed E-state index contributed by atoms with van der Waals surface area (Å²) in [6.07, 6.45) is 0.302. The number of halogens is 1. The number of carbonyl (C=O) groups excluding carboxylic acids is 2. The number of nitrogens with one attached hydrogen (secondary N) is 2. The van der Waals surface area contributed by atoms with Crippen LogP contribution in [0.25, 0.3) is 0 Å². The molecule has 0 bridgehead atoms. The molecule has 18 heavy (non-hydrogen) atoms. The van der Waals surface area contributed by atoms with Gasteiger partial charge in [0.05, 0.1) is 13.2 Å². The maximum absolute atomic E-state index is 11.7. The topological polar surface area (TPSA) is 93.4 Å². The number of carbonyl (C=O) groups is 2. The zero-order valence-electron chi connectivity index (χ0n) is 10.8. The smallest absolute Gasteiger partial charge is 0.240 e. The number of rotatable bonds is 5. The molecule has 1 rings (SSSR count). The van der Waals surface area contributed by atoms with E-state index in [4.69, 9.17) is 10.5 Å². The van der Waals surface area contributed by atoms with Gasteiger partial charge in [-0.05, 0) is 5.92 Å². The van der Waals surface area contributed by atoms with Crippen molar-refractivity contribution in [2.45, 2.75) is 32.4 Å². The average Bonchev–Trinajstić information content (AvgIpc) is 2.26. The van der Waals surface area contributed by atoms with Gasteiger partial charge in [0, 0.05) is 19.0 Å². The number of hydrogen-bond acceptors (Lipinski definition) is 4. The van der Waals surface area contributed by atoms with E-state index < -0.39 is 11.9 Å². The summed E-state index contributed by atoms with van der Waals surface area (Å²) in [5, 5.41) is 5.83. The molecular weight excluding hydrogens is 258 g/mol. The first-order valence-electron chi connectivity index (χ1n) is 5.90. The molecule has 7 heteroatoms. The van der Waals surface area contributed by atoms with E-state index in [0.717, 1.165) is 6.54 Å². The van der Waals surface area contributed by atoms with Gasteiger partial charge in [0.1, 0.15) is 6.04 Å². The highest BCUT2D eigenvalue weighted by atomic mass is 35.5. The maximum Gasteiger partial charge on any atom is 0.240 e. The van der Waals surface area contributed by atoms with Crippen LogP contribution in [-0.4, -0.2) is 43.7 Å². The highest BCUT2D eigenvalue weighted by Crippen LogP contribution is 2.03. The largest absolute Gasteiger partial charge is 0.378 e. The van der Waals surface area contributed by atoms with Crippen LogP contribution < -0.4 is 16.4 Å².